The molecule has 0 aromatic heterocycles. The Morgan fingerprint density at radius 2 is 1.61 bits per heavy atom. The lowest BCUT2D eigenvalue weighted by molar-refractivity contribution is 0.678. The van der Waals surface area contributed by atoms with Gasteiger partial charge in [-0.25, -0.2) is 0 Å². The largest absolute Gasteiger partial charge is 0.372 e. The van der Waals surface area contributed by atoms with Gasteiger partial charge in [-0.15, -0.1) is 0 Å². The second kappa shape index (κ2) is 8.56. The van der Waals surface area contributed by atoms with Gasteiger partial charge in [0.2, 0.25) is 0 Å². The first-order valence-corrected chi connectivity index (χ1v) is 6.90. The summed E-state index contributed by atoms with van der Waals surface area (Å²) in [7, 11) is 0. The Balaban J connectivity index is 2.70. The van der Waals surface area contributed by atoms with Gasteiger partial charge in [-0.2, -0.15) is 5.10 Å². The summed E-state index contributed by atoms with van der Waals surface area (Å²) >= 11 is 0. The van der Waals surface area contributed by atoms with E-state index in [1.165, 1.54) is 31.4 Å². The fourth-order valence-electron chi connectivity index (χ4n) is 1.93. The predicted molar refractivity (Wildman–Crippen MR) is 80.3 cm³/mol. The summed E-state index contributed by atoms with van der Waals surface area (Å²) in [4.78, 5) is 2.47. The SMILES string of the molecule is CCCCN(CCCC)c1ccc(C=NN)cc1. The van der Waals surface area contributed by atoms with Crippen LogP contribution in [0.4, 0.5) is 5.69 Å². The molecule has 0 aliphatic carbocycles. The Kier molecular flexibility index (Phi) is 6.92. The average Bonchev–Trinajstić information content (AvgIpc) is 2.41. The molecule has 3 nitrogen and oxygen atoms in total. The van der Waals surface area contributed by atoms with Crippen molar-refractivity contribution in [3.63, 3.8) is 0 Å². The molecule has 0 amide bonds. The van der Waals surface area contributed by atoms with E-state index in [1.54, 1.807) is 6.21 Å². The first-order valence-electron chi connectivity index (χ1n) is 6.90. The number of rotatable bonds is 8. The number of anilines is 1. The van der Waals surface area contributed by atoms with Gasteiger partial charge in [-0.05, 0) is 30.5 Å². The van der Waals surface area contributed by atoms with Crippen molar-refractivity contribution in [3.8, 4) is 0 Å². The molecule has 1 aromatic carbocycles. The summed E-state index contributed by atoms with van der Waals surface area (Å²) in [6, 6.07) is 8.44. The van der Waals surface area contributed by atoms with E-state index in [-0.39, 0.29) is 0 Å². The van der Waals surface area contributed by atoms with E-state index in [0.29, 0.717) is 0 Å². The lowest BCUT2D eigenvalue weighted by Crippen LogP contribution is -2.25. The normalized spacial score (nSPS) is 11.0. The molecule has 0 unspecified atom stereocenters. The van der Waals surface area contributed by atoms with E-state index in [0.717, 1.165) is 18.7 Å². The van der Waals surface area contributed by atoms with E-state index >= 15 is 0 Å². The summed E-state index contributed by atoms with van der Waals surface area (Å²) < 4.78 is 0. The van der Waals surface area contributed by atoms with E-state index in [1.807, 2.05) is 0 Å². The summed E-state index contributed by atoms with van der Waals surface area (Å²) in [6.07, 6.45) is 6.64. The smallest absolute Gasteiger partial charge is 0.0538 e. The molecule has 0 aliphatic heterocycles. The first-order chi connectivity index (χ1) is 8.81. The maximum absolute atomic E-state index is 5.15. The lowest BCUT2D eigenvalue weighted by Gasteiger charge is -2.24. The van der Waals surface area contributed by atoms with Gasteiger partial charge in [-0.3, -0.25) is 0 Å². The Morgan fingerprint density at radius 1 is 1.06 bits per heavy atom. The molecule has 0 atom stereocenters. The number of nitrogens with two attached hydrogens (primary N) is 1. The number of hydrogen-bond acceptors (Lipinski definition) is 3. The van der Waals surface area contributed by atoms with E-state index in [2.05, 4.69) is 48.1 Å². The van der Waals surface area contributed by atoms with Crippen molar-refractivity contribution < 1.29 is 0 Å². The van der Waals surface area contributed by atoms with Gasteiger partial charge in [0, 0.05) is 18.8 Å². The highest BCUT2D eigenvalue weighted by atomic mass is 15.1. The third-order valence-electron chi connectivity index (χ3n) is 3.05. The van der Waals surface area contributed by atoms with Gasteiger partial charge >= 0.3 is 0 Å². The Morgan fingerprint density at radius 3 is 2.06 bits per heavy atom. The van der Waals surface area contributed by atoms with Crippen molar-refractivity contribution >= 4 is 11.9 Å². The Labute approximate surface area is 111 Å². The molecule has 1 rings (SSSR count). The zero-order valence-corrected chi connectivity index (χ0v) is 11.6. The van der Waals surface area contributed by atoms with Crippen molar-refractivity contribution in [3.05, 3.63) is 29.8 Å². The number of unbranched alkanes of at least 4 members (excludes halogenated alkanes) is 2. The summed E-state index contributed by atoms with van der Waals surface area (Å²) in [5, 5.41) is 3.54. The van der Waals surface area contributed by atoms with Crippen LogP contribution in [0.15, 0.2) is 29.4 Å². The number of nitrogens with zero attached hydrogens (tertiary/aromatic N) is 2. The van der Waals surface area contributed by atoms with Crippen LogP contribution in [-0.2, 0) is 0 Å². The van der Waals surface area contributed by atoms with Gasteiger partial charge in [-0.1, -0.05) is 38.8 Å². The van der Waals surface area contributed by atoms with Crippen LogP contribution < -0.4 is 10.7 Å². The molecule has 0 fully saturated rings. The Hall–Kier alpha value is -1.51. The molecule has 2 N–H and O–H groups in total. The molecule has 0 radical (unpaired) electrons. The highest BCUT2D eigenvalue weighted by molar-refractivity contribution is 5.80. The highest BCUT2D eigenvalue weighted by Gasteiger charge is 2.04. The maximum Gasteiger partial charge on any atom is 0.0538 e. The predicted octanol–water partition coefficient (Wildman–Crippen LogP) is 3.39. The molecule has 18 heavy (non-hydrogen) atoms. The van der Waals surface area contributed by atoms with Crippen molar-refractivity contribution in [1.82, 2.24) is 0 Å². The van der Waals surface area contributed by atoms with Crippen molar-refractivity contribution in [2.45, 2.75) is 39.5 Å². The molecule has 0 saturated heterocycles. The van der Waals surface area contributed by atoms with Crippen LogP contribution in [0.5, 0.6) is 0 Å². The van der Waals surface area contributed by atoms with Crippen LogP contribution in [0, 0.1) is 0 Å². The van der Waals surface area contributed by atoms with Crippen LogP contribution in [-0.4, -0.2) is 19.3 Å². The topological polar surface area (TPSA) is 41.6 Å². The minimum absolute atomic E-state index is 1.05. The van der Waals surface area contributed by atoms with Gasteiger partial charge in [0.05, 0.1) is 6.21 Å². The molecule has 0 heterocycles. The minimum Gasteiger partial charge on any atom is -0.372 e. The molecule has 1 aromatic rings. The second-order valence-corrected chi connectivity index (χ2v) is 4.56. The van der Waals surface area contributed by atoms with Gasteiger partial charge in [0.15, 0.2) is 0 Å². The fourth-order valence-corrected chi connectivity index (χ4v) is 1.93. The van der Waals surface area contributed by atoms with Crippen LogP contribution >= 0.6 is 0 Å². The monoisotopic (exact) mass is 247 g/mol. The summed E-state index contributed by atoms with van der Waals surface area (Å²) in [5.74, 6) is 5.15. The van der Waals surface area contributed by atoms with Gasteiger partial charge < -0.3 is 10.7 Å². The van der Waals surface area contributed by atoms with Crippen LogP contribution in [0.2, 0.25) is 0 Å². The fraction of sp³-hybridized carbons (Fsp3) is 0.533. The Bertz CT molecular complexity index is 335. The molecule has 3 heteroatoms. The maximum atomic E-state index is 5.15. The number of hydrogen-bond donors (Lipinski definition) is 1. The van der Waals surface area contributed by atoms with Crippen molar-refractivity contribution in [2.75, 3.05) is 18.0 Å². The van der Waals surface area contributed by atoms with E-state index < -0.39 is 0 Å². The third kappa shape index (κ3) is 4.78. The quantitative estimate of drug-likeness (QED) is 0.434. The lowest BCUT2D eigenvalue weighted by atomic mass is 10.2. The van der Waals surface area contributed by atoms with Gasteiger partial charge in [0.25, 0.3) is 0 Å². The number of benzene rings is 1. The standard InChI is InChI=1S/C15H25N3/c1-3-5-11-18(12-6-4-2)15-9-7-14(8-10-15)13-17-16/h7-10,13H,3-6,11-12,16H2,1-2H3. The molecule has 100 valence electrons. The molecule has 0 aliphatic rings. The summed E-state index contributed by atoms with van der Waals surface area (Å²) in [6.45, 7) is 6.75. The zero-order valence-electron chi connectivity index (χ0n) is 11.6. The molecule has 0 saturated carbocycles. The van der Waals surface area contributed by atoms with Crippen molar-refractivity contribution in [1.29, 1.82) is 0 Å². The van der Waals surface area contributed by atoms with Crippen LogP contribution in [0.25, 0.3) is 0 Å². The first kappa shape index (κ1) is 14.6. The third-order valence-corrected chi connectivity index (χ3v) is 3.05. The number of hydrazone groups is 1. The van der Waals surface area contributed by atoms with Crippen molar-refractivity contribution in [2.24, 2.45) is 10.9 Å². The highest BCUT2D eigenvalue weighted by Crippen LogP contribution is 2.16. The zero-order chi connectivity index (χ0) is 13.2. The minimum atomic E-state index is 1.05. The van der Waals surface area contributed by atoms with E-state index in [4.69, 9.17) is 5.84 Å². The average molecular weight is 247 g/mol. The molecule has 0 bridgehead atoms. The summed E-state index contributed by atoms with van der Waals surface area (Å²) in [5.41, 5.74) is 2.35. The second-order valence-electron chi connectivity index (χ2n) is 4.56. The molecular formula is C15H25N3. The van der Waals surface area contributed by atoms with Crippen LogP contribution in [0.3, 0.4) is 0 Å². The van der Waals surface area contributed by atoms with Gasteiger partial charge in [0.1, 0.15) is 0 Å². The van der Waals surface area contributed by atoms with E-state index in [9.17, 15) is 0 Å². The van der Waals surface area contributed by atoms with Crippen LogP contribution in [0.1, 0.15) is 45.1 Å². The molecule has 0 spiro atoms. The molecular weight excluding hydrogens is 222 g/mol.